The third-order valence-corrected chi connectivity index (χ3v) is 3.79. The normalized spacial score (nSPS) is 15.3. The SMILES string of the molecule is NCC(=O)c1ccc(SCC2CC2)cc1. The molecule has 0 spiro atoms. The Hall–Kier alpha value is -0.800. The highest BCUT2D eigenvalue weighted by atomic mass is 32.2. The standard InChI is InChI=1S/C12H15NOS/c13-7-12(14)10-3-5-11(6-4-10)15-8-9-1-2-9/h3-6,9H,1-2,7-8,13H2. The van der Waals surface area contributed by atoms with E-state index in [2.05, 4.69) is 0 Å². The number of carbonyl (C=O) groups is 1. The van der Waals surface area contributed by atoms with E-state index in [-0.39, 0.29) is 12.3 Å². The molecule has 2 rings (SSSR count). The maximum absolute atomic E-state index is 11.3. The summed E-state index contributed by atoms with van der Waals surface area (Å²) in [7, 11) is 0. The Bertz CT molecular complexity index is 343. The summed E-state index contributed by atoms with van der Waals surface area (Å²) in [6.07, 6.45) is 2.77. The van der Waals surface area contributed by atoms with E-state index in [1.807, 2.05) is 36.0 Å². The third-order valence-electron chi connectivity index (χ3n) is 2.54. The monoisotopic (exact) mass is 221 g/mol. The molecule has 0 amide bonds. The lowest BCUT2D eigenvalue weighted by Crippen LogP contribution is -2.13. The van der Waals surface area contributed by atoms with Crippen LogP contribution in [0, 0.1) is 5.92 Å². The lowest BCUT2D eigenvalue weighted by atomic mass is 10.1. The van der Waals surface area contributed by atoms with Crippen LogP contribution in [0.3, 0.4) is 0 Å². The predicted molar refractivity (Wildman–Crippen MR) is 63.3 cm³/mol. The molecule has 1 aliphatic carbocycles. The van der Waals surface area contributed by atoms with Crippen LogP contribution in [-0.2, 0) is 0 Å². The van der Waals surface area contributed by atoms with E-state index >= 15 is 0 Å². The van der Waals surface area contributed by atoms with Crippen LogP contribution < -0.4 is 5.73 Å². The molecule has 0 bridgehead atoms. The Morgan fingerprint density at radius 1 is 1.33 bits per heavy atom. The summed E-state index contributed by atoms with van der Waals surface area (Å²) < 4.78 is 0. The zero-order chi connectivity index (χ0) is 10.7. The molecule has 1 saturated carbocycles. The van der Waals surface area contributed by atoms with Gasteiger partial charge in [0.05, 0.1) is 6.54 Å². The maximum Gasteiger partial charge on any atom is 0.176 e. The first-order valence-electron chi connectivity index (χ1n) is 5.25. The van der Waals surface area contributed by atoms with Crippen molar-refractivity contribution in [1.82, 2.24) is 0 Å². The van der Waals surface area contributed by atoms with Crippen LogP contribution in [0.2, 0.25) is 0 Å². The highest BCUT2D eigenvalue weighted by Crippen LogP contribution is 2.34. The molecular weight excluding hydrogens is 206 g/mol. The number of Topliss-reactive ketones (excluding diaryl/α,β-unsaturated/α-hetero) is 1. The Morgan fingerprint density at radius 3 is 2.53 bits per heavy atom. The van der Waals surface area contributed by atoms with Crippen LogP contribution >= 0.6 is 11.8 Å². The fraction of sp³-hybridized carbons (Fsp3) is 0.417. The molecule has 0 aliphatic heterocycles. The van der Waals surface area contributed by atoms with Gasteiger partial charge in [0.15, 0.2) is 5.78 Å². The molecule has 0 saturated heterocycles. The second kappa shape index (κ2) is 4.81. The summed E-state index contributed by atoms with van der Waals surface area (Å²) in [6.45, 7) is 0.0918. The van der Waals surface area contributed by atoms with E-state index in [9.17, 15) is 4.79 Å². The van der Waals surface area contributed by atoms with Gasteiger partial charge in [0.25, 0.3) is 0 Å². The second-order valence-corrected chi connectivity index (χ2v) is 5.00. The van der Waals surface area contributed by atoms with E-state index < -0.39 is 0 Å². The minimum atomic E-state index is 0.00810. The van der Waals surface area contributed by atoms with Crippen LogP contribution in [0.15, 0.2) is 29.2 Å². The average Bonchev–Trinajstić information content (AvgIpc) is 3.10. The summed E-state index contributed by atoms with van der Waals surface area (Å²) in [5, 5.41) is 0. The molecule has 0 atom stereocenters. The fourth-order valence-corrected chi connectivity index (χ4v) is 2.44. The molecule has 80 valence electrons. The van der Waals surface area contributed by atoms with Crippen molar-refractivity contribution in [2.75, 3.05) is 12.3 Å². The van der Waals surface area contributed by atoms with Gasteiger partial charge in [-0.15, -0.1) is 11.8 Å². The Morgan fingerprint density at radius 2 is 2.00 bits per heavy atom. The third kappa shape index (κ3) is 3.08. The van der Waals surface area contributed by atoms with E-state index in [0.717, 1.165) is 5.92 Å². The van der Waals surface area contributed by atoms with Crippen molar-refractivity contribution >= 4 is 17.5 Å². The van der Waals surface area contributed by atoms with Gasteiger partial charge >= 0.3 is 0 Å². The molecule has 0 heterocycles. The number of thioether (sulfide) groups is 1. The highest BCUT2D eigenvalue weighted by Gasteiger charge is 2.20. The van der Waals surface area contributed by atoms with Gasteiger partial charge in [-0.1, -0.05) is 12.1 Å². The van der Waals surface area contributed by atoms with Crippen molar-refractivity contribution < 1.29 is 4.79 Å². The van der Waals surface area contributed by atoms with E-state index in [4.69, 9.17) is 5.73 Å². The predicted octanol–water partition coefficient (Wildman–Crippen LogP) is 2.33. The maximum atomic E-state index is 11.3. The lowest BCUT2D eigenvalue weighted by Gasteiger charge is -2.01. The van der Waals surface area contributed by atoms with Gasteiger partial charge in [-0.25, -0.2) is 0 Å². The van der Waals surface area contributed by atoms with Gasteiger partial charge in [-0.2, -0.15) is 0 Å². The molecule has 1 aromatic rings. The number of hydrogen-bond acceptors (Lipinski definition) is 3. The average molecular weight is 221 g/mol. The van der Waals surface area contributed by atoms with E-state index in [0.29, 0.717) is 5.56 Å². The molecular formula is C12H15NOS. The molecule has 2 nitrogen and oxygen atoms in total. The van der Waals surface area contributed by atoms with Crippen molar-refractivity contribution in [2.24, 2.45) is 11.7 Å². The first kappa shape index (κ1) is 10.7. The van der Waals surface area contributed by atoms with Crippen molar-refractivity contribution in [1.29, 1.82) is 0 Å². The molecule has 0 aromatic heterocycles. The van der Waals surface area contributed by atoms with Crippen molar-refractivity contribution in [3.05, 3.63) is 29.8 Å². The Kier molecular flexibility index (Phi) is 3.44. The molecule has 2 N–H and O–H groups in total. The van der Waals surface area contributed by atoms with Crippen LogP contribution in [0.25, 0.3) is 0 Å². The molecule has 0 radical (unpaired) electrons. The fourth-order valence-electron chi connectivity index (χ4n) is 1.35. The van der Waals surface area contributed by atoms with Gasteiger partial charge in [-0.3, -0.25) is 4.79 Å². The number of benzene rings is 1. The summed E-state index contributed by atoms with van der Waals surface area (Å²) in [6, 6.07) is 7.75. The number of carbonyl (C=O) groups excluding carboxylic acids is 1. The Labute approximate surface area is 94.2 Å². The van der Waals surface area contributed by atoms with Crippen LogP contribution in [0.5, 0.6) is 0 Å². The number of nitrogens with two attached hydrogens (primary N) is 1. The largest absolute Gasteiger partial charge is 0.324 e. The summed E-state index contributed by atoms with van der Waals surface area (Å²) >= 11 is 1.88. The zero-order valence-corrected chi connectivity index (χ0v) is 9.43. The van der Waals surface area contributed by atoms with Crippen molar-refractivity contribution in [2.45, 2.75) is 17.7 Å². The van der Waals surface area contributed by atoms with Crippen molar-refractivity contribution in [3.63, 3.8) is 0 Å². The van der Waals surface area contributed by atoms with Crippen molar-refractivity contribution in [3.8, 4) is 0 Å². The smallest absolute Gasteiger partial charge is 0.176 e. The quantitative estimate of drug-likeness (QED) is 0.613. The molecule has 1 aromatic carbocycles. The molecule has 1 aliphatic rings. The van der Waals surface area contributed by atoms with Crippen LogP contribution in [0.1, 0.15) is 23.2 Å². The van der Waals surface area contributed by atoms with Crippen LogP contribution in [-0.4, -0.2) is 18.1 Å². The van der Waals surface area contributed by atoms with E-state index in [1.165, 1.54) is 23.5 Å². The number of ketones is 1. The first-order chi connectivity index (χ1) is 7.29. The summed E-state index contributed by atoms with van der Waals surface area (Å²) in [5.41, 5.74) is 6.01. The Balaban J connectivity index is 1.93. The molecule has 0 unspecified atom stereocenters. The number of hydrogen-bond donors (Lipinski definition) is 1. The van der Waals surface area contributed by atoms with Gasteiger partial charge in [0.1, 0.15) is 0 Å². The van der Waals surface area contributed by atoms with Gasteiger partial charge < -0.3 is 5.73 Å². The van der Waals surface area contributed by atoms with Gasteiger partial charge in [0, 0.05) is 16.2 Å². The number of rotatable bonds is 5. The molecule has 1 fully saturated rings. The second-order valence-electron chi connectivity index (χ2n) is 3.91. The zero-order valence-electron chi connectivity index (χ0n) is 8.61. The molecule has 3 heteroatoms. The topological polar surface area (TPSA) is 43.1 Å². The minimum absolute atomic E-state index is 0.00810. The minimum Gasteiger partial charge on any atom is -0.324 e. The lowest BCUT2D eigenvalue weighted by molar-refractivity contribution is 0.100. The summed E-state index contributed by atoms with van der Waals surface area (Å²) in [5.74, 6) is 2.15. The van der Waals surface area contributed by atoms with Crippen LogP contribution in [0.4, 0.5) is 0 Å². The van der Waals surface area contributed by atoms with E-state index in [1.54, 1.807) is 0 Å². The van der Waals surface area contributed by atoms with Gasteiger partial charge in [0.2, 0.25) is 0 Å². The molecule has 15 heavy (non-hydrogen) atoms. The highest BCUT2D eigenvalue weighted by molar-refractivity contribution is 7.99. The summed E-state index contributed by atoms with van der Waals surface area (Å²) in [4.78, 5) is 12.5. The first-order valence-corrected chi connectivity index (χ1v) is 6.24. The van der Waals surface area contributed by atoms with Gasteiger partial charge in [-0.05, 0) is 30.9 Å².